The van der Waals surface area contributed by atoms with Crippen LogP contribution >= 0.6 is 0 Å². The highest BCUT2D eigenvalue weighted by Gasteiger charge is 2.32. The first-order chi connectivity index (χ1) is 5.63. The van der Waals surface area contributed by atoms with Crippen LogP contribution in [-0.4, -0.2) is 23.4 Å². The highest BCUT2D eigenvalue weighted by molar-refractivity contribution is 4.81. The summed E-state index contributed by atoms with van der Waals surface area (Å²) in [5.41, 5.74) is 0. The molecule has 0 aromatic carbocycles. The molecule has 0 unspecified atom stereocenters. The van der Waals surface area contributed by atoms with Crippen LogP contribution in [0.1, 0.15) is 40.0 Å². The fourth-order valence-electron chi connectivity index (χ4n) is 1.75. The second-order valence-corrected chi connectivity index (χ2v) is 4.14. The number of aliphatic hydroxyl groups is 1. The molecule has 0 aromatic rings. The molecule has 1 heterocycles. The smallest absolute Gasteiger partial charge is 0.0841 e. The topological polar surface area (TPSA) is 29.5 Å². The average molecular weight is 172 g/mol. The van der Waals surface area contributed by atoms with E-state index in [9.17, 15) is 5.11 Å². The first-order valence-electron chi connectivity index (χ1n) is 4.97. The van der Waals surface area contributed by atoms with Crippen molar-refractivity contribution in [1.82, 2.24) is 0 Å². The second-order valence-electron chi connectivity index (χ2n) is 4.14. The van der Waals surface area contributed by atoms with Gasteiger partial charge >= 0.3 is 0 Å². The van der Waals surface area contributed by atoms with Crippen molar-refractivity contribution >= 4 is 0 Å². The highest BCUT2D eigenvalue weighted by Crippen LogP contribution is 2.26. The predicted molar refractivity (Wildman–Crippen MR) is 49.0 cm³/mol. The van der Waals surface area contributed by atoms with Crippen LogP contribution in [0.2, 0.25) is 0 Å². The molecule has 0 aromatic heterocycles. The van der Waals surface area contributed by atoms with Crippen LogP contribution in [0.5, 0.6) is 0 Å². The average Bonchev–Trinajstić information content (AvgIpc) is 2.31. The number of rotatable bonds is 3. The van der Waals surface area contributed by atoms with E-state index < -0.39 is 0 Å². The molecule has 0 aliphatic carbocycles. The van der Waals surface area contributed by atoms with Gasteiger partial charge in [0.2, 0.25) is 0 Å². The van der Waals surface area contributed by atoms with Crippen LogP contribution in [0.25, 0.3) is 0 Å². The molecule has 2 heteroatoms. The van der Waals surface area contributed by atoms with Gasteiger partial charge in [-0.25, -0.2) is 0 Å². The molecule has 1 saturated heterocycles. The Morgan fingerprint density at radius 2 is 2.17 bits per heavy atom. The van der Waals surface area contributed by atoms with E-state index >= 15 is 0 Å². The summed E-state index contributed by atoms with van der Waals surface area (Å²) in [6.45, 7) is 6.43. The molecule has 1 N–H and O–H groups in total. The maximum absolute atomic E-state index is 9.61. The minimum absolute atomic E-state index is 0.0925. The van der Waals surface area contributed by atoms with Crippen LogP contribution in [0.15, 0.2) is 0 Å². The monoisotopic (exact) mass is 172 g/mol. The van der Waals surface area contributed by atoms with Crippen molar-refractivity contribution in [1.29, 1.82) is 0 Å². The third kappa shape index (κ3) is 2.46. The molecule has 3 atom stereocenters. The molecule has 1 fully saturated rings. The summed E-state index contributed by atoms with van der Waals surface area (Å²) >= 11 is 0. The zero-order valence-corrected chi connectivity index (χ0v) is 8.29. The third-order valence-electron chi connectivity index (χ3n) is 2.46. The van der Waals surface area contributed by atoms with E-state index in [2.05, 4.69) is 20.8 Å². The van der Waals surface area contributed by atoms with Gasteiger partial charge in [-0.1, -0.05) is 20.8 Å². The van der Waals surface area contributed by atoms with Crippen LogP contribution in [-0.2, 0) is 4.74 Å². The van der Waals surface area contributed by atoms with Gasteiger partial charge < -0.3 is 9.84 Å². The molecule has 2 nitrogen and oxygen atoms in total. The zero-order valence-electron chi connectivity index (χ0n) is 8.29. The van der Waals surface area contributed by atoms with Gasteiger partial charge in [-0.3, -0.25) is 0 Å². The van der Waals surface area contributed by atoms with Gasteiger partial charge in [0.25, 0.3) is 0 Å². The maximum Gasteiger partial charge on any atom is 0.0841 e. The maximum atomic E-state index is 9.61. The molecule has 72 valence electrons. The van der Waals surface area contributed by atoms with Gasteiger partial charge in [-0.05, 0) is 18.8 Å². The quantitative estimate of drug-likeness (QED) is 0.705. The van der Waals surface area contributed by atoms with Crippen molar-refractivity contribution in [2.24, 2.45) is 5.92 Å². The van der Waals surface area contributed by atoms with Crippen LogP contribution in [0.3, 0.4) is 0 Å². The molecule has 0 radical (unpaired) electrons. The second kappa shape index (κ2) is 4.24. The lowest BCUT2D eigenvalue weighted by molar-refractivity contribution is -0.00215. The van der Waals surface area contributed by atoms with Gasteiger partial charge in [0, 0.05) is 6.42 Å². The molecule has 0 amide bonds. The standard InChI is InChI=1S/C10H20O2/c1-4-8-6-9(11)10(12-8)5-7(2)3/h7-11H,4-6H2,1-3H3/t8-,9-,10+/m0/s1. The molecule has 1 rings (SSSR count). The Morgan fingerprint density at radius 1 is 1.50 bits per heavy atom. The van der Waals surface area contributed by atoms with Crippen molar-refractivity contribution < 1.29 is 9.84 Å². The van der Waals surface area contributed by atoms with Gasteiger partial charge in [-0.15, -0.1) is 0 Å². The molecular formula is C10H20O2. The van der Waals surface area contributed by atoms with Crippen molar-refractivity contribution in [2.45, 2.75) is 58.3 Å². The molecular weight excluding hydrogens is 152 g/mol. The largest absolute Gasteiger partial charge is 0.390 e. The Morgan fingerprint density at radius 3 is 2.58 bits per heavy atom. The van der Waals surface area contributed by atoms with Crippen LogP contribution in [0.4, 0.5) is 0 Å². The predicted octanol–water partition coefficient (Wildman–Crippen LogP) is 1.96. The molecule has 1 aliphatic heterocycles. The third-order valence-corrected chi connectivity index (χ3v) is 2.46. The fourth-order valence-corrected chi connectivity index (χ4v) is 1.75. The van der Waals surface area contributed by atoms with E-state index in [1.165, 1.54) is 0 Å². The molecule has 1 aliphatic rings. The van der Waals surface area contributed by atoms with E-state index in [4.69, 9.17) is 4.74 Å². The minimum atomic E-state index is -0.225. The minimum Gasteiger partial charge on any atom is -0.390 e. The fraction of sp³-hybridized carbons (Fsp3) is 1.00. The molecule has 0 bridgehead atoms. The van der Waals surface area contributed by atoms with Crippen LogP contribution in [0, 0.1) is 5.92 Å². The zero-order chi connectivity index (χ0) is 9.14. The Kier molecular flexibility index (Phi) is 3.53. The number of ether oxygens (including phenoxy) is 1. The van der Waals surface area contributed by atoms with Crippen LogP contribution < -0.4 is 0 Å². The lowest BCUT2D eigenvalue weighted by atomic mass is 10.0. The van der Waals surface area contributed by atoms with Gasteiger partial charge in [0.1, 0.15) is 0 Å². The van der Waals surface area contributed by atoms with E-state index in [0.29, 0.717) is 12.0 Å². The van der Waals surface area contributed by atoms with E-state index in [1.54, 1.807) is 0 Å². The van der Waals surface area contributed by atoms with E-state index in [0.717, 1.165) is 19.3 Å². The summed E-state index contributed by atoms with van der Waals surface area (Å²) in [4.78, 5) is 0. The molecule has 0 saturated carbocycles. The Bertz CT molecular complexity index is 134. The SMILES string of the molecule is CC[C@H]1C[C@H](O)[C@@H](CC(C)C)O1. The first-order valence-corrected chi connectivity index (χ1v) is 4.97. The van der Waals surface area contributed by atoms with Gasteiger partial charge in [0.15, 0.2) is 0 Å². The first kappa shape index (κ1) is 10.0. The number of aliphatic hydroxyl groups excluding tert-OH is 1. The van der Waals surface area contributed by atoms with Gasteiger partial charge in [-0.2, -0.15) is 0 Å². The van der Waals surface area contributed by atoms with Crippen molar-refractivity contribution in [3.05, 3.63) is 0 Å². The van der Waals surface area contributed by atoms with Crippen molar-refractivity contribution in [2.75, 3.05) is 0 Å². The Hall–Kier alpha value is -0.0800. The molecule has 0 spiro atoms. The Labute approximate surface area is 74.9 Å². The number of hydrogen-bond acceptors (Lipinski definition) is 2. The summed E-state index contributed by atoms with van der Waals surface area (Å²) < 4.78 is 5.68. The summed E-state index contributed by atoms with van der Waals surface area (Å²) in [6, 6.07) is 0. The normalized spacial score (nSPS) is 36.2. The summed E-state index contributed by atoms with van der Waals surface area (Å²) in [5, 5.41) is 9.61. The van der Waals surface area contributed by atoms with E-state index in [1.807, 2.05) is 0 Å². The Balaban J connectivity index is 2.35. The van der Waals surface area contributed by atoms with Crippen molar-refractivity contribution in [3.63, 3.8) is 0 Å². The van der Waals surface area contributed by atoms with E-state index in [-0.39, 0.29) is 12.2 Å². The number of hydrogen-bond donors (Lipinski definition) is 1. The lowest BCUT2D eigenvalue weighted by Gasteiger charge is -2.16. The lowest BCUT2D eigenvalue weighted by Crippen LogP contribution is -2.22. The highest BCUT2D eigenvalue weighted by atomic mass is 16.5. The van der Waals surface area contributed by atoms with Gasteiger partial charge in [0.05, 0.1) is 18.3 Å². The summed E-state index contributed by atoms with van der Waals surface area (Å²) in [6.07, 6.45) is 2.99. The van der Waals surface area contributed by atoms with Crippen molar-refractivity contribution in [3.8, 4) is 0 Å². The molecule has 12 heavy (non-hydrogen) atoms. The summed E-state index contributed by atoms with van der Waals surface area (Å²) in [7, 11) is 0. The summed E-state index contributed by atoms with van der Waals surface area (Å²) in [5.74, 6) is 0.611.